The molecule has 0 aliphatic carbocycles. The smallest absolute Gasteiger partial charge is 0.464 e. The summed E-state index contributed by atoms with van der Waals surface area (Å²) in [7, 11) is 1.20. The highest BCUT2D eigenvalue weighted by Crippen LogP contribution is 2.29. The number of benzene rings is 1. The first-order valence-electron chi connectivity index (χ1n) is 5.80. The van der Waals surface area contributed by atoms with Crippen LogP contribution in [0.15, 0.2) is 42.6 Å². The van der Waals surface area contributed by atoms with Gasteiger partial charge in [0.2, 0.25) is 0 Å². The van der Waals surface area contributed by atoms with E-state index in [1.165, 1.54) is 31.5 Å². The second-order valence-electron chi connectivity index (χ2n) is 3.97. The van der Waals surface area contributed by atoms with Crippen molar-refractivity contribution in [1.29, 1.82) is 0 Å². The summed E-state index contributed by atoms with van der Waals surface area (Å²) in [5.74, 6) is -1.05. The number of halogens is 3. The topological polar surface area (TPSA) is 48.4 Å². The highest BCUT2D eigenvalue weighted by molar-refractivity contribution is 5.95. The van der Waals surface area contributed by atoms with Gasteiger partial charge in [0, 0.05) is 11.8 Å². The lowest BCUT2D eigenvalue weighted by molar-refractivity contribution is -0.274. The van der Waals surface area contributed by atoms with E-state index in [4.69, 9.17) is 0 Å². The van der Waals surface area contributed by atoms with Crippen molar-refractivity contribution in [3.63, 3.8) is 0 Å². The van der Waals surface area contributed by atoms with Crippen LogP contribution in [0.1, 0.15) is 10.5 Å². The van der Waals surface area contributed by atoms with Crippen molar-refractivity contribution in [3.8, 4) is 16.9 Å². The number of pyridine rings is 1. The van der Waals surface area contributed by atoms with E-state index in [9.17, 15) is 18.0 Å². The lowest BCUT2D eigenvalue weighted by atomic mass is 10.0. The van der Waals surface area contributed by atoms with Crippen molar-refractivity contribution in [3.05, 3.63) is 48.3 Å². The summed E-state index contributed by atoms with van der Waals surface area (Å²) in [6.45, 7) is 0. The normalized spacial score (nSPS) is 11.0. The maximum absolute atomic E-state index is 12.2. The number of methoxy groups -OCH3 is 1. The predicted octanol–water partition coefficient (Wildman–Crippen LogP) is 3.43. The van der Waals surface area contributed by atoms with Crippen molar-refractivity contribution < 1.29 is 27.4 Å². The molecule has 0 spiro atoms. The van der Waals surface area contributed by atoms with Gasteiger partial charge in [-0.05, 0) is 23.8 Å². The standard InChI is InChI=1S/C14H10F3NO3/c1-20-13(19)12-11(6-3-7-18-12)9-4-2-5-10(8-9)21-14(15,16)17/h2-8H,1H3. The number of carbonyl (C=O) groups is 1. The van der Waals surface area contributed by atoms with Gasteiger partial charge in [0.15, 0.2) is 5.69 Å². The molecule has 2 aromatic rings. The minimum absolute atomic E-state index is 0.0177. The van der Waals surface area contributed by atoms with E-state index in [0.717, 1.165) is 0 Å². The molecular weight excluding hydrogens is 287 g/mol. The first-order chi connectivity index (χ1) is 9.90. The van der Waals surface area contributed by atoms with E-state index in [-0.39, 0.29) is 11.4 Å². The van der Waals surface area contributed by atoms with Crippen molar-refractivity contribution in [2.45, 2.75) is 6.36 Å². The van der Waals surface area contributed by atoms with Gasteiger partial charge in [-0.15, -0.1) is 13.2 Å². The number of nitrogens with zero attached hydrogens (tertiary/aromatic N) is 1. The Hall–Kier alpha value is -2.57. The number of aromatic nitrogens is 1. The van der Waals surface area contributed by atoms with Crippen LogP contribution in [-0.2, 0) is 4.74 Å². The first kappa shape index (κ1) is 14.8. The molecule has 7 heteroatoms. The lowest BCUT2D eigenvalue weighted by Crippen LogP contribution is -2.17. The third-order valence-corrected chi connectivity index (χ3v) is 2.57. The number of carbonyl (C=O) groups excluding carboxylic acids is 1. The van der Waals surface area contributed by atoms with Crippen molar-refractivity contribution >= 4 is 5.97 Å². The summed E-state index contributed by atoms with van der Waals surface area (Å²) in [6, 6.07) is 8.42. The Morgan fingerprint density at radius 2 is 1.95 bits per heavy atom. The van der Waals surface area contributed by atoms with Crippen LogP contribution in [0.5, 0.6) is 5.75 Å². The van der Waals surface area contributed by atoms with Crippen LogP contribution >= 0.6 is 0 Å². The van der Waals surface area contributed by atoms with Gasteiger partial charge in [-0.2, -0.15) is 0 Å². The molecule has 0 bridgehead atoms. The van der Waals surface area contributed by atoms with Gasteiger partial charge >= 0.3 is 12.3 Å². The molecule has 0 aliphatic heterocycles. The van der Waals surface area contributed by atoms with E-state index in [2.05, 4.69) is 14.5 Å². The number of hydrogen-bond acceptors (Lipinski definition) is 4. The molecular formula is C14H10F3NO3. The third-order valence-electron chi connectivity index (χ3n) is 2.57. The summed E-state index contributed by atoms with van der Waals surface area (Å²) in [5, 5.41) is 0. The van der Waals surface area contributed by atoms with Gasteiger partial charge in [-0.25, -0.2) is 9.78 Å². The highest BCUT2D eigenvalue weighted by atomic mass is 19.4. The second kappa shape index (κ2) is 5.82. The van der Waals surface area contributed by atoms with Crippen LogP contribution in [0.3, 0.4) is 0 Å². The molecule has 0 fully saturated rings. The van der Waals surface area contributed by atoms with Gasteiger partial charge in [-0.1, -0.05) is 18.2 Å². The summed E-state index contributed by atoms with van der Waals surface area (Å²) >= 11 is 0. The zero-order chi connectivity index (χ0) is 15.5. The predicted molar refractivity (Wildman–Crippen MR) is 67.7 cm³/mol. The number of rotatable bonds is 3. The molecule has 2 rings (SSSR count). The molecule has 1 aromatic heterocycles. The zero-order valence-electron chi connectivity index (χ0n) is 10.8. The van der Waals surface area contributed by atoms with Gasteiger partial charge in [0.1, 0.15) is 5.75 Å². The Kier molecular flexibility index (Phi) is 4.11. The van der Waals surface area contributed by atoms with E-state index >= 15 is 0 Å². The van der Waals surface area contributed by atoms with Gasteiger partial charge in [0.05, 0.1) is 7.11 Å². The molecule has 4 nitrogen and oxygen atoms in total. The Morgan fingerprint density at radius 3 is 2.62 bits per heavy atom. The number of hydrogen-bond donors (Lipinski definition) is 0. The lowest BCUT2D eigenvalue weighted by Gasteiger charge is -2.11. The fourth-order valence-corrected chi connectivity index (χ4v) is 1.76. The Morgan fingerprint density at radius 1 is 1.19 bits per heavy atom. The molecule has 1 heterocycles. The molecule has 110 valence electrons. The molecule has 0 atom stereocenters. The van der Waals surface area contributed by atoms with Crippen molar-refractivity contribution in [2.75, 3.05) is 7.11 Å². The van der Waals surface area contributed by atoms with Crippen LogP contribution in [0.2, 0.25) is 0 Å². The zero-order valence-corrected chi connectivity index (χ0v) is 10.8. The molecule has 0 unspecified atom stereocenters. The van der Waals surface area contributed by atoms with Crippen LogP contribution in [0, 0.1) is 0 Å². The van der Waals surface area contributed by atoms with Gasteiger partial charge < -0.3 is 9.47 Å². The van der Waals surface area contributed by atoms with E-state index in [1.807, 2.05) is 0 Å². The summed E-state index contributed by atoms with van der Waals surface area (Å²) in [4.78, 5) is 15.5. The minimum atomic E-state index is -4.78. The van der Waals surface area contributed by atoms with E-state index in [0.29, 0.717) is 11.1 Å². The number of ether oxygens (including phenoxy) is 2. The van der Waals surface area contributed by atoms with Crippen molar-refractivity contribution in [1.82, 2.24) is 4.98 Å². The molecule has 0 saturated carbocycles. The molecule has 0 saturated heterocycles. The first-order valence-corrected chi connectivity index (χ1v) is 5.80. The number of esters is 1. The molecule has 21 heavy (non-hydrogen) atoms. The minimum Gasteiger partial charge on any atom is -0.464 e. The highest BCUT2D eigenvalue weighted by Gasteiger charge is 2.31. The molecule has 1 aromatic carbocycles. The van der Waals surface area contributed by atoms with Gasteiger partial charge in [-0.3, -0.25) is 0 Å². The maximum Gasteiger partial charge on any atom is 0.573 e. The summed E-state index contributed by atoms with van der Waals surface area (Å²) < 4.78 is 45.1. The average Bonchev–Trinajstić information content (AvgIpc) is 2.45. The third kappa shape index (κ3) is 3.71. The summed E-state index contributed by atoms with van der Waals surface area (Å²) in [5.41, 5.74) is 0.742. The van der Waals surface area contributed by atoms with E-state index < -0.39 is 12.3 Å². The van der Waals surface area contributed by atoms with Crippen molar-refractivity contribution in [2.24, 2.45) is 0 Å². The molecule has 0 amide bonds. The van der Waals surface area contributed by atoms with Crippen LogP contribution in [0.4, 0.5) is 13.2 Å². The molecule has 0 aliphatic rings. The quantitative estimate of drug-likeness (QED) is 0.814. The van der Waals surface area contributed by atoms with Crippen LogP contribution in [0.25, 0.3) is 11.1 Å². The SMILES string of the molecule is COC(=O)c1ncccc1-c1cccc(OC(F)(F)F)c1. The summed E-state index contributed by atoms with van der Waals surface area (Å²) in [6.07, 6.45) is -3.38. The van der Waals surface area contributed by atoms with E-state index in [1.54, 1.807) is 18.2 Å². The Bertz CT molecular complexity index is 656. The average molecular weight is 297 g/mol. The van der Waals surface area contributed by atoms with Gasteiger partial charge in [0.25, 0.3) is 0 Å². The maximum atomic E-state index is 12.2. The Labute approximate surface area is 118 Å². The molecule has 0 N–H and O–H groups in total. The second-order valence-corrected chi connectivity index (χ2v) is 3.97. The fourth-order valence-electron chi connectivity index (χ4n) is 1.76. The largest absolute Gasteiger partial charge is 0.573 e. The number of alkyl halides is 3. The Balaban J connectivity index is 2.43. The molecule has 0 radical (unpaired) electrons. The fraction of sp³-hybridized carbons (Fsp3) is 0.143. The van der Waals surface area contributed by atoms with Crippen LogP contribution in [-0.4, -0.2) is 24.4 Å². The van der Waals surface area contributed by atoms with Crippen LogP contribution < -0.4 is 4.74 Å². The monoisotopic (exact) mass is 297 g/mol.